The molecule has 0 bridgehead atoms. The first-order valence-electron chi connectivity index (χ1n) is 6.31. The molecule has 4 unspecified atom stereocenters. The fourth-order valence-corrected chi connectivity index (χ4v) is 2.80. The molecule has 0 aromatic carbocycles. The van der Waals surface area contributed by atoms with Gasteiger partial charge in [0.1, 0.15) is 0 Å². The van der Waals surface area contributed by atoms with Crippen molar-refractivity contribution in [2.24, 2.45) is 23.0 Å². The first-order chi connectivity index (χ1) is 6.88. The standard InChI is InChI=1S/C13H27NO/c1-5-12(4,9-14)13(15)7-6-10(2)11(3)8-13/h10-11,15H,5-9,14H2,1-4H3. The first kappa shape index (κ1) is 13.0. The molecule has 0 spiro atoms. The number of nitrogens with two attached hydrogens (primary N) is 1. The summed E-state index contributed by atoms with van der Waals surface area (Å²) in [6.07, 6.45) is 3.92. The van der Waals surface area contributed by atoms with Crippen LogP contribution >= 0.6 is 0 Å². The Balaban J connectivity index is 2.83. The van der Waals surface area contributed by atoms with Gasteiger partial charge in [0.2, 0.25) is 0 Å². The zero-order valence-electron chi connectivity index (χ0n) is 10.7. The summed E-state index contributed by atoms with van der Waals surface area (Å²) in [7, 11) is 0. The average Bonchev–Trinajstić information content (AvgIpc) is 2.22. The summed E-state index contributed by atoms with van der Waals surface area (Å²) >= 11 is 0. The van der Waals surface area contributed by atoms with Crippen molar-refractivity contribution in [3.63, 3.8) is 0 Å². The molecule has 0 aromatic heterocycles. The molecule has 1 fully saturated rings. The SMILES string of the molecule is CCC(C)(CN)C1(O)CCC(C)C(C)C1. The summed E-state index contributed by atoms with van der Waals surface area (Å²) in [5, 5.41) is 10.8. The van der Waals surface area contributed by atoms with Crippen LogP contribution in [0.1, 0.15) is 53.4 Å². The zero-order valence-corrected chi connectivity index (χ0v) is 10.7. The summed E-state index contributed by atoms with van der Waals surface area (Å²) in [5.74, 6) is 1.35. The van der Waals surface area contributed by atoms with Gasteiger partial charge in [-0.2, -0.15) is 0 Å². The van der Waals surface area contributed by atoms with Gasteiger partial charge in [0.25, 0.3) is 0 Å². The first-order valence-corrected chi connectivity index (χ1v) is 6.31. The van der Waals surface area contributed by atoms with Crippen molar-refractivity contribution < 1.29 is 5.11 Å². The van der Waals surface area contributed by atoms with Gasteiger partial charge in [-0.1, -0.05) is 27.7 Å². The van der Waals surface area contributed by atoms with Crippen LogP contribution in [0.4, 0.5) is 0 Å². The molecule has 1 rings (SSSR count). The minimum Gasteiger partial charge on any atom is -0.389 e. The summed E-state index contributed by atoms with van der Waals surface area (Å²) < 4.78 is 0. The molecule has 3 N–H and O–H groups in total. The minimum absolute atomic E-state index is 0.110. The molecule has 0 aliphatic heterocycles. The van der Waals surface area contributed by atoms with E-state index < -0.39 is 5.60 Å². The van der Waals surface area contributed by atoms with E-state index in [2.05, 4.69) is 27.7 Å². The van der Waals surface area contributed by atoms with Crippen LogP contribution in [-0.2, 0) is 0 Å². The average molecular weight is 213 g/mol. The van der Waals surface area contributed by atoms with E-state index in [1.807, 2.05) is 0 Å². The van der Waals surface area contributed by atoms with E-state index in [4.69, 9.17) is 5.73 Å². The number of hydrogen-bond donors (Lipinski definition) is 2. The van der Waals surface area contributed by atoms with Crippen LogP contribution in [0.2, 0.25) is 0 Å². The smallest absolute Gasteiger partial charge is 0.0715 e. The van der Waals surface area contributed by atoms with Crippen LogP contribution in [0.3, 0.4) is 0 Å². The van der Waals surface area contributed by atoms with E-state index in [9.17, 15) is 5.11 Å². The van der Waals surface area contributed by atoms with Crippen LogP contribution in [-0.4, -0.2) is 17.3 Å². The van der Waals surface area contributed by atoms with Gasteiger partial charge in [0.05, 0.1) is 5.60 Å². The quantitative estimate of drug-likeness (QED) is 0.757. The Labute approximate surface area is 94.2 Å². The maximum absolute atomic E-state index is 10.8. The van der Waals surface area contributed by atoms with Crippen molar-refractivity contribution in [3.05, 3.63) is 0 Å². The van der Waals surface area contributed by atoms with E-state index in [0.717, 1.165) is 31.6 Å². The van der Waals surface area contributed by atoms with Gasteiger partial charge < -0.3 is 10.8 Å². The predicted octanol–water partition coefficient (Wildman–Crippen LogP) is 2.55. The van der Waals surface area contributed by atoms with Gasteiger partial charge >= 0.3 is 0 Å². The van der Waals surface area contributed by atoms with E-state index >= 15 is 0 Å². The van der Waals surface area contributed by atoms with Crippen LogP contribution in [0.25, 0.3) is 0 Å². The third-order valence-electron chi connectivity index (χ3n) is 5.00. The van der Waals surface area contributed by atoms with Crippen molar-refractivity contribution in [1.82, 2.24) is 0 Å². The maximum Gasteiger partial charge on any atom is 0.0715 e. The van der Waals surface area contributed by atoms with Gasteiger partial charge in [-0.15, -0.1) is 0 Å². The maximum atomic E-state index is 10.8. The molecular weight excluding hydrogens is 186 g/mol. The summed E-state index contributed by atoms with van der Waals surface area (Å²) in [6, 6.07) is 0. The molecule has 15 heavy (non-hydrogen) atoms. The van der Waals surface area contributed by atoms with Crippen molar-refractivity contribution in [2.75, 3.05) is 6.54 Å². The lowest BCUT2D eigenvalue weighted by molar-refractivity contribution is -0.119. The summed E-state index contributed by atoms with van der Waals surface area (Å²) in [4.78, 5) is 0. The Morgan fingerprint density at radius 2 is 2.00 bits per heavy atom. The highest BCUT2D eigenvalue weighted by Gasteiger charge is 2.47. The summed E-state index contributed by atoms with van der Waals surface area (Å²) in [5.41, 5.74) is 5.20. The second-order valence-corrected chi connectivity index (χ2v) is 5.85. The molecule has 0 heterocycles. The van der Waals surface area contributed by atoms with Gasteiger partial charge in [-0.3, -0.25) is 0 Å². The van der Waals surface area contributed by atoms with E-state index in [0.29, 0.717) is 12.5 Å². The molecule has 1 aliphatic carbocycles. The number of aliphatic hydroxyl groups is 1. The van der Waals surface area contributed by atoms with Gasteiger partial charge in [-0.25, -0.2) is 0 Å². The molecule has 90 valence electrons. The topological polar surface area (TPSA) is 46.2 Å². The Morgan fingerprint density at radius 3 is 2.40 bits per heavy atom. The lowest BCUT2D eigenvalue weighted by atomic mass is 9.60. The van der Waals surface area contributed by atoms with Crippen molar-refractivity contribution in [1.29, 1.82) is 0 Å². The highest BCUT2D eigenvalue weighted by molar-refractivity contribution is 5.00. The van der Waals surface area contributed by atoms with Crippen LogP contribution in [0.5, 0.6) is 0 Å². The lowest BCUT2D eigenvalue weighted by Crippen LogP contribution is -2.53. The van der Waals surface area contributed by atoms with Crippen molar-refractivity contribution in [3.8, 4) is 0 Å². The molecule has 0 amide bonds. The largest absolute Gasteiger partial charge is 0.389 e. The molecule has 4 atom stereocenters. The normalized spacial score (nSPS) is 41.2. The summed E-state index contributed by atoms with van der Waals surface area (Å²) in [6.45, 7) is 9.39. The van der Waals surface area contributed by atoms with E-state index in [-0.39, 0.29) is 5.41 Å². The molecule has 0 aromatic rings. The molecule has 0 saturated heterocycles. The molecule has 1 aliphatic rings. The van der Waals surface area contributed by atoms with E-state index in [1.165, 1.54) is 0 Å². The molecule has 2 nitrogen and oxygen atoms in total. The number of rotatable bonds is 3. The third kappa shape index (κ3) is 2.21. The molecule has 2 heteroatoms. The molecular formula is C13H27NO. The second-order valence-electron chi connectivity index (χ2n) is 5.85. The highest BCUT2D eigenvalue weighted by atomic mass is 16.3. The van der Waals surface area contributed by atoms with Crippen LogP contribution in [0, 0.1) is 17.3 Å². The second kappa shape index (κ2) is 4.42. The molecule has 0 radical (unpaired) electrons. The monoisotopic (exact) mass is 213 g/mol. The van der Waals surface area contributed by atoms with Crippen molar-refractivity contribution >= 4 is 0 Å². The zero-order chi connectivity index (χ0) is 11.7. The minimum atomic E-state index is -0.539. The Hall–Kier alpha value is -0.0800. The highest BCUT2D eigenvalue weighted by Crippen LogP contribution is 2.47. The predicted molar refractivity (Wildman–Crippen MR) is 64.6 cm³/mol. The Kier molecular flexibility index (Phi) is 3.83. The fourth-order valence-electron chi connectivity index (χ4n) is 2.80. The van der Waals surface area contributed by atoms with Gasteiger partial charge in [-0.05, 0) is 37.5 Å². The van der Waals surface area contributed by atoms with E-state index in [1.54, 1.807) is 0 Å². The van der Waals surface area contributed by atoms with Crippen molar-refractivity contribution in [2.45, 2.75) is 59.0 Å². The van der Waals surface area contributed by atoms with Crippen LogP contribution < -0.4 is 5.73 Å². The fraction of sp³-hybridized carbons (Fsp3) is 1.00. The van der Waals surface area contributed by atoms with Gasteiger partial charge in [0.15, 0.2) is 0 Å². The Morgan fingerprint density at radius 1 is 1.40 bits per heavy atom. The Bertz CT molecular complexity index is 213. The lowest BCUT2D eigenvalue weighted by Gasteiger charge is -2.50. The van der Waals surface area contributed by atoms with Crippen LogP contribution in [0.15, 0.2) is 0 Å². The molecule has 1 saturated carbocycles. The number of hydrogen-bond acceptors (Lipinski definition) is 2. The van der Waals surface area contributed by atoms with Gasteiger partial charge in [0, 0.05) is 12.0 Å². The third-order valence-corrected chi connectivity index (χ3v) is 5.00.